The molecule has 2 aromatic rings. The standard InChI is InChI=1S/C19H26N2O2.2ClH/c1-14(16-9-6-10-17(12-16)23-2)21-13-19(22)18(20)11-15-7-4-3-5-8-15;;/h3-10,12,14,18-19,21-22H,11,13,20H2,1-2H3;2*1H/t14-,18+,19-;;/m1../s1. The number of rotatable bonds is 8. The van der Waals surface area contributed by atoms with Gasteiger partial charge in [0.1, 0.15) is 5.75 Å². The molecule has 0 saturated heterocycles. The Kier molecular flexibility index (Phi) is 11.5. The predicted octanol–water partition coefficient (Wildman–Crippen LogP) is 3.12. The van der Waals surface area contributed by atoms with Crippen LogP contribution in [0, 0.1) is 0 Å². The van der Waals surface area contributed by atoms with Gasteiger partial charge >= 0.3 is 0 Å². The molecule has 0 saturated carbocycles. The highest BCUT2D eigenvalue weighted by Gasteiger charge is 2.16. The smallest absolute Gasteiger partial charge is 0.119 e. The Balaban J connectivity index is 0.00000288. The first-order chi connectivity index (χ1) is 11.1. The van der Waals surface area contributed by atoms with E-state index in [0.717, 1.165) is 16.9 Å². The molecule has 0 bridgehead atoms. The fourth-order valence-electron chi connectivity index (χ4n) is 2.50. The van der Waals surface area contributed by atoms with E-state index in [0.29, 0.717) is 13.0 Å². The summed E-state index contributed by atoms with van der Waals surface area (Å²) in [5, 5.41) is 13.6. The summed E-state index contributed by atoms with van der Waals surface area (Å²) in [4.78, 5) is 0. The van der Waals surface area contributed by atoms with Crippen molar-refractivity contribution in [2.45, 2.75) is 31.5 Å². The first-order valence-electron chi connectivity index (χ1n) is 7.95. The number of hydrogen-bond acceptors (Lipinski definition) is 4. The van der Waals surface area contributed by atoms with E-state index < -0.39 is 6.10 Å². The molecule has 0 aromatic heterocycles. The molecule has 0 aliphatic heterocycles. The third kappa shape index (κ3) is 7.63. The molecule has 2 rings (SSSR count). The van der Waals surface area contributed by atoms with Crippen LogP contribution >= 0.6 is 24.8 Å². The molecule has 25 heavy (non-hydrogen) atoms. The Morgan fingerprint density at radius 3 is 2.40 bits per heavy atom. The number of halogens is 2. The first-order valence-corrected chi connectivity index (χ1v) is 7.95. The fraction of sp³-hybridized carbons (Fsp3) is 0.368. The second-order valence-corrected chi connectivity index (χ2v) is 5.83. The van der Waals surface area contributed by atoms with Gasteiger partial charge in [-0.15, -0.1) is 24.8 Å². The second kappa shape index (κ2) is 12.1. The van der Waals surface area contributed by atoms with Crippen LogP contribution in [0.3, 0.4) is 0 Å². The zero-order chi connectivity index (χ0) is 16.7. The molecule has 3 atom stereocenters. The molecule has 4 nitrogen and oxygen atoms in total. The molecule has 0 heterocycles. The Hall–Kier alpha value is -1.30. The molecular weight excluding hydrogens is 359 g/mol. The predicted molar refractivity (Wildman–Crippen MR) is 108 cm³/mol. The van der Waals surface area contributed by atoms with Crippen LogP contribution < -0.4 is 15.8 Å². The van der Waals surface area contributed by atoms with E-state index in [2.05, 4.69) is 12.2 Å². The maximum absolute atomic E-state index is 10.3. The largest absolute Gasteiger partial charge is 0.497 e. The van der Waals surface area contributed by atoms with Crippen molar-refractivity contribution in [3.05, 3.63) is 65.7 Å². The van der Waals surface area contributed by atoms with Crippen LogP contribution in [0.15, 0.2) is 54.6 Å². The topological polar surface area (TPSA) is 67.5 Å². The minimum Gasteiger partial charge on any atom is -0.497 e. The minimum atomic E-state index is -0.594. The highest BCUT2D eigenvalue weighted by Crippen LogP contribution is 2.18. The maximum atomic E-state index is 10.3. The lowest BCUT2D eigenvalue weighted by Gasteiger charge is -2.22. The highest BCUT2D eigenvalue weighted by molar-refractivity contribution is 5.85. The summed E-state index contributed by atoms with van der Waals surface area (Å²) in [6.07, 6.45) is 0.0697. The van der Waals surface area contributed by atoms with Crippen molar-refractivity contribution in [1.82, 2.24) is 5.32 Å². The zero-order valence-corrected chi connectivity index (χ0v) is 16.2. The number of ether oxygens (including phenoxy) is 1. The quantitative estimate of drug-likeness (QED) is 0.651. The summed E-state index contributed by atoms with van der Waals surface area (Å²) in [7, 11) is 1.66. The zero-order valence-electron chi connectivity index (χ0n) is 14.6. The molecule has 0 aliphatic carbocycles. The van der Waals surface area contributed by atoms with Crippen molar-refractivity contribution in [1.29, 1.82) is 0 Å². The molecule has 6 heteroatoms. The Morgan fingerprint density at radius 2 is 1.76 bits per heavy atom. The van der Waals surface area contributed by atoms with Gasteiger partial charge in [-0.2, -0.15) is 0 Å². The van der Waals surface area contributed by atoms with Crippen LogP contribution in [-0.2, 0) is 6.42 Å². The molecule has 0 spiro atoms. The van der Waals surface area contributed by atoms with Gasteiger partial charge < -0.3 is 20.9 Å². The summed E-state index contributed by atoms with van der Waals surface area (Å²) in [6.45, 7) is 2.51. The van der Waals surface area contributed by atoms with Gasteiger partial charge in [-0.1, -0.05) is 42.5 Å². The SMILES string of the molecule is COc1cccc([C@@H](C)NC[C@@H](O)[C@@H](N)Cc2ccccc2)c1.Cl.Cl. The maximum Gasteiger partial charge on any atom is 0.119 e. The van der Waals surface area contributed by atoms with Gasteiger partial charge in [-0.3, -0.25) is 0 Å². The number of aliphatic hydroxyl groups excluding tert-OH is 1. The molecule has 0 radical (unpaired) electrons. The van der Waals surface area contributed by atoms with E-state index in [4.69, 9.17) is 10.5 Å². The van der Waals surface area contributed by atoms with Crippen LogP contribution in [0.2, 0.25) is 0 Å². The number of methoxy groups -OCH3 is 1. The number of hydrogen-bond donors (Lipinski definition) is 3. The van der Waals surface area contributed by atoms with E-state index in [-0.39, 0.29) is 36.9 Å². The van der Waals surface area contributed by atoms with Crippen molar-refractivity contribution in [3.8, 4) is 5.75 Å². The molecule has 4 N–H and O–H groups in total. The number of nitrogens with one attached hydrogen (secondary N) is 1. The van der Waals surface area contributed by atoms with Crippen LogP contribution in [-0.4, -0.2) is 30.9 Å². The van der Waals surface area contributed by atoms with Crippen LogP contribution in [0.1, 0.15) is 24.1 Å². The summed E-state index contributed by atoms with van der Waals surface area (Å²) < 4.78 is 5.24. The number of nitrogens with two attached hydrogens (primary N) is 1. The molecule has 0 fully saturated rings. The minimum absolute atomic E-state index is 0. The van der Waals surface area contributed by atoms with Gasteiger partial charge in [0.15, 0.2) is 0 Å². The number of benzene rings is 2. The van der Waals surface area contributed by atoms with E-state index in [1.54, 1.807) is 7.11 Å². The van der Waals surface area contributed by atoms with E-state index in [9.17, 15) is 5.11 Å². The summed E-state index contributed by atoms with van der Waals surface area (Å²) in [5.41, 5.74) is 8.37. The van der Waals surface area contributed by atoms with Crippen molar-refractivity contribution in [2.24, 2.45) is 5.73 Å². The van der Waals surface area contributed by atoms with Crippen LogP contribution in [0.5, 0.6) is 5.75 Å². The van der Waals surface area contributed by atoms with Gasteiger partial charge in [0.25, 0.3) is 0 Å². The Morgan fingerprint density at radius 1 is 1.08 bits per heavy atom. The lowest BCUT2D eigenvalue weighted by molar-refractivity contribution is 0.138. The van der Waals surface area contributed by atoms with Gasteiger partial charge in [0.05, 0.1) is 13.2 Å². The molecule has 0 amide bonds. The normalized spacial score (nSPS) is 13.8. The van der Waals surface area contributed by atoms with Gasteiger partial charge in [-0.05, 0) is 36.6 Å². The lowest BCUT2D eigenvalue weighted by atomic mass is 10.0. The first kappa shape index (κ1) is 23.7. The van der Waals surface area contributed by atoms with Crippen LogP contribution in [0.25, 0.3) is 0 Å². The summed E-state index contributed by atoms with van der Waals surface area (Å²) in [6, 6.07) is 17.7. The number of aliphatic hydroxyl groups is 1. The summed E-state index contributed by atoms with van der Waals surface area (Å²) >= 11 is 0. The van der Waals surface area contributed by atoms with Gasteiger partial charge in [-0.25, -0.2) is 0 Å². The van der Waals surface area contributed by atoms with Crippen molar-refractivity contribution < 1.29 is 9.84 Å². The van der Waals surface area contributed by atoms with E-state index in [1.165, 1.54) is 0 Å². The van der Waals surface area contributed by atoms with Gasteiger partial charge in [0, 0.05) is 18.6 Å². The summed E-state index contributed by atoms with van der Waals surface area (Å²) in [5.74, 6) is 0.831. The van der Waals surface area contributed by atoms with Crippen molar-refractivity contribution in [3.63, 3.8) is 0 Å². The third-order valence-corrected chi connectivity index (χ3v) is 4.04. The molecule has 0 aliphatic rings. The molecular formula is C19H28Cl2N2O2. The van der Waals surface area contributed by atoms with E-state index in [1.807, 2.05) is 54.6 Å². The van der Waals surface area contributed by atoms with Crippen LogP contribution in [0.4, 0.5) is 0 Å². The van der Waals surface area contributed by atoms with Crippen molar-refractivity contribution >= 4 is 24.8 Å². The van der Waals surface area contributed by atoms with E-state index >= 15 is 0 Å². The Labute approximate surface area is 162 Å². The molecule has 140 valence electrons. The molecule has 2 aromatic carbocycles. The average molecular weight is 387 g/mol. The fourth-order valence-corrected chi connectivity index (χ4v) is 2.50. The lowest BCUT2D eigenvalue weighted by Crippen LogP contribution is -2.43. The average Bonchev–Trinajstić information content (AvgIpc) is 2.60. The molecule has 0 unspecified atom stereocenters. The highest BCUT2D eigenvalue weighted by atomic mass is 35.5. The second-order valence-electron chi connectivity index (χ2n) is 5.83. The van der Waals surface area contributed by atoms with Crippen molar-refractivity contribution in [2.75, 3.05) is 13.7 Å². The monoisotopic (exact) mass is 386 g/mol. The Bertz CT molecular complexity index is 599. The third-order valence-electron chi connectivity index (χ3n) is 4.04. The van der Waals surface area contributed by atoms with Gasteiger partial charge in [0.2, 0.25) is 0 Å².